The van der Waals surface area contributed by atoms with Gasteiger partial charge in [0.1, 0.15) is 5.82 Å². The van der Waals surface area contributed by atoms with Crippen LogP contribution in [0.2, 0.25) is 0 Å². The Hall–Kier alpha value is -2.88. The first-order chi connectivity index (χ1) is 15.7. The quantitative estimate of drug-likeness (QED) is 0.234. The van der Waals surface area contributed by atoms with E-state index in [1.165, 1.54) is 36.0 Å². The summed E-state index contributed by atoms with van der Waals surface area (Å²) in [6.45, 7) is 1.18. The summed E-state index contributed by atoms with van der Waals surface area (Å²) in [5.41, 5.74) is 2.92. The summed E-state index contributed by atoms with van der Waals surface area (Å²) < 4.78 is 16.9. The molecule has 0 saturated carbocycles. The van der Waals surface area contributed by atoms with Gasteiger partial charge < -0.3 is 0 Å². The molecular formula is C23H23FN6S2. The van der Waals surface area contributed by atoms with Gasteiger partial charge in [0.2, 0.25) is 5.96 Å². The zero-order valence-corrected chi connectivity index (χ0v) is 18.9. The fourth-order valence-electron chi connectivity index (χ4n) is 3.34. The van der Waals surface area contributed by atoms with Crippen molar-refractivity contribution >= 4 is 35.6 Å². The SMILES string of the molecule is NSCCN=C(NSc1cccnc1)N1CC(c2ccccc2)C(c2ccc(F)cc2)=N1. The summed E-state index contributed by atoms with van der Waals surface area (Å²) in [4.78, 5) is 9.82. The topological polar surface area (TPSA) is 78.9 Å². The summed E-state index contributed by atoms with van der Waals surface area (Å²) >= 11 is 2.68. The molecule has 0 radical (unpaired) electrons. The highest BCUT2D eigenvalue weighted by atomic mass is 32.2. The molecule has 1 aromatic heterocycles. The van der Waals surface area contributed by atoms with Crippen molar-refractivity contribution in [1.82, 2.24) is 14.7 Å². The minimum atomic E-state index is -0.267. The third-order valence-electron chi connectivity index (χ3n) is 4.87. The van der Waals surface area contributed by atoms with Crippen LogP contribution in [0, 0.1) is 5.82 Å². The fraction of sp³-hybridized carbons (Fsp3) is 0.174. The summed E-state index contributed by atoms with van der Waals surface area (Å²) in [7, 11) is 0. The lowest BCUT2D eigenvalue weighted by molar-refractivity contribution is 0.464. The summed E-state index contributed by atoms with van der Waals surface area (Å²) in [6.07, 6.45) is 3.52. The lowest BCUT2D eigenvalue weighted by Crippen LogP contribution is -2.34. The van der Waals surface area contributed by atoms with E-state index in [1.54, 1.807) is 24.5 Å². The van der Waals surface area contributed by atoms with Gasteiger partial charge in [-0.15, -0.1) is 0 Å². The Morgan fingerprint density at radius 1 is 1.12 bits per heavy atom. The maximum absolute atomic E-state index is 13.5. The number of rotatable bonds is 7. The molecule has 9 heteroatoms. The number of benzene rings is 2. The number of hydrogen-bond acceptors (Lipinski definition) is 6. The third-order valence-corrected chi connectivity index (χ3v) is 6.05. The molecule has 0 amide bonds. The molecule has 1 aliphatic heterocycles. The van der Waals surface area contributed by atoms with Crippen molar-refractivity contribution in [3.8, 4) is 0 Å². The molecule has 164 valence electrons. The summed E-state index contributed by atoms with van der Waals surface area (Å²) in [5.74, 6) is 1.11. The number of guanidine groups is 1. The van der Waals surface area contributed by atoms with Gasteiger partial charge in [-0.3, -0.25) is 14.8 Å². The molecular weight excluding hydrogens is 443 g/mol. The van der Waals surface area contributed by atoms with Crippen LogP contribution in [0.25, 0.3) is 0 Å². The van der Waals surface area contributed by atoms with Gasteiger partial charge in [0, 0.05) is 29.0 Å². The molecule has 2 aromatic carbocycles. The van der Waals surface area contributed by atoms with Crippen LogP contribution in [0.5, 0.6) is 0 Å². The van der Waals surface area contributed by atoms with Crippen molar-refractivity contribution in [2.75, 3.05) is 18.8 Å². The number of hydrazone groups is 1. The highest BCUT2D eigenvalue weighted by Crippen LogP contribution is 2.29. The molecule has 2 heterocycles. The van der Waals surface area contributed by atoms with E-state index in [4.69, 9.17) is 15.2 Å². The van der Waals surface area contributed by atoms with Crippen LogP contribution in [-0.4, -0.2) is 40.5 Å². The van der Waals surface area contributed by atoms with E-state index < -0.39 is 0 Å². The lowest BCUT2D eigenvalue weighted by atomic mass is 9.91. The predicted octanol–water partition coefficient (Wildman–Crippen LogP) is 4.28. The Morgan fingerprint density at radius 3 is 2.66 bits per heavy atom. The van der Waals surface area contributed by atoms with Gasteiger partial charge >= 0.3 is 0 Å². The highest BCUT2D eigenvalue weighted by molar-refractivity contribution is 7.98. The van der Waals surface area contributed by atoms with Crippen LogP contribution in [0.1, 0.15) is 17.0 Å². The van der Waals surface area contributed by atoms with Crippen LogP contribution in [-0.2, 0) is 0 Å². The number of pyridine rings is 1. The Kier molecular flexibility index (Phi) is 7.76. The molecule has 0 spiro atoms. The van der Waals surface area contributed by atoms with Gasteiger partial charge in [0.05, 0.1) is 18.8 Å². The van der Waals surface area contributed by atoms with Gasteiger partial charge in [0.15, 0.2) is 0 Å². The van der Waals surface area contributed by atoms with Crippen LogP contribution in [0.4, 0.5) is 4.39 Å². The Bertz CT molecular complexity index is 1060. The first-order valence-electron chi connectivity index (χ1n) is 10.1. The van der Waals surface area contributed by atoms with Gasteiger partial charge in [-0.1, -0.05) is 54.4 Å². The molecule has 3 N–H and O–H groups in total. The van der Waals surface area contributed by atoms with Crippen molar-refractivity contribution in [1.29, 1.82) is 0 Å². The van der Waals surface area contributed by atoms with Crippen molar-refractivity contribution in [3.05, 3.63) is 96.1 Å². The monoisotopic (exact) mass is 466 g/mol. The number of aliphatic imine (C=N–C) groups is 1. The predicted molar refractivity (Wildman–Crippen MR) is 131 cm³/mol. The fourth-order valence-corrected chi connectivity index (χ4v) is 4.18. The molecule has 4 rings (SSSR count). The first kappa shape index (κ1) is 22.3. The van der Waals surface area contributed by atoms with Crippen molar-refractivity contribution in [2.24, 2.45) is 15.2 Å². The average molecular weight is 467 g/mol. The zero-order valence-electron chi connectivity index (χ0n) is 17.3. The second-order valence-electron chi connectivity index (χ2n) is 7.01. The molecule has 0 aliphatic carbocycles. The van der Waals surface area contributed by atoms with Crippen molar-refractivity contribution in [2.45, 2.75) is 10.8 Å². The molecule has 1 atom stereocenters. The lowest BCUT2D eigenvalue weighted by Gasteiger charge is -2.19. The number of nitrogens with two attached hydrogens (primary N) is 1. The molecule has 0 bridgehead atoms. The first-order valence-corrected chi connectivity index (χ1v) is 12.0. The molecule has 32 heavy (non-hydrogen) atoms. The van der Waals surface area contributed by atoms with E-state index in [2.05, 4.69) is 21.8 Å². The Balaban J connectivity index is 1.63. The van der Waals surface area contributed by atoms with Gasteiger partial charge in [-0.2, -0.15) is 5.10 Å². The maximum atomic E-state index is 13.5. The van der Waals surface area contributed by atoms with Crippen LogP contribution >= 0.6 is 23.9 Å². The van der Waals surface area contributed by atoms with Crippen LogP contribution in [0.15, 0.2) is 94.1 Å². The third kappa shape index (κ3) is 5.67. The molecule has 0 saturated heterocycles. The Morgan fingerprint density at radius 2 is 1.94 bits per heavy atom. The zero-order chi connectivity index (χ0) is 22.2. The second kappa shape index (κ2) is 11.1. The summed E-state index contributed by atoms with van der Waals surface area (Å²) in [6, 6.07) is 20.5. The summed E-state index contributed by atoms with van der Waals surface area (Å²) in [5, 5.41) is 12.4. The highest BCUT2D eigenvalue weighted by Gasteiger charge is 2.31. The molecule has 6 nitrogen and oxygen atoms in total. The number of nitrogens with zero attached hydrogens (tertiary/aromatic N) is 4. The largest absolute Gasteiger partial charge is 0.295 e. The van der Waals surface area contributed by atoms with Gasteiger partial charge in [0.25, 0.3) is 0 Å². The molecule has 0 fully saturated rings. The van der Waals surface area contributed by atoms with E-state index >= 15 is 0 Å². The number of hydrogen-bond donors (Lipinski definition) is 2. The number of aromatic nitrogens is 1. The number of nitrogens with one attached hydrogen (secondary N) is 1. The van der Waals surface area contributed by atoms with Gasteiger partial charge in [-0.05, 0) is 47.3 Å². The van der Waals surface area contributed by atoms with E-state index in [1.807, 2.05) is 35.3 Å². The van der Waals surface area contributed by atoms with Crippen LogP contribution < -0.4 is 9.86 Å². The standard InChI is InChI=1S/C23H23FN6S2/c24-19-10-8-18(9-11-19)22-21(17-5-2-1-3-6-17)16-30(28-22)23(27-13-14-31-25)29-32-20-7-4-12-26-15-20/h1-12,15,21H,13-14,16,25H2,(H,27,29). The molecule has 3 aromatic rings. The molecule has 1 aliphatic rings. The van der Waals surface area contributed by atoms with Crippen molar-refractivity contribution in [3.63, 3.8) is 0 Å². The minimum absolute atomic E-state index is 0.0286. The van der Waals surface area contributed by atoms with Crippen molar-refractivity contribution < 1.29 is 4.39 Å². The molecule has 1 unspecified atom stereocenters. The van der Waals surface area contributed by atoms with E-state index in [-0.39, 0.29) is 11.7 Å². The van der Waals surface area contributed by atoms with E-state index in [0.29, 0.717) is 24.8 Å². The average Bonchev–Trinajstić information content (AvgIpc) is 3.28. The number of halogens is 1. The second-order valence-corrected chi connectivity index (χ2v) is 8.63. The van der Waals surface area contributed by atoms with E-state index in [9.17, 15) is 4.39 Å². The smallest absolute Gasteiger partial charge is 0.225 e. The van der Waals surface area contributed by atoms with Crippen LogP contribution in [0.3, 0.4) is 0 Å². The minimum Gasteiger partial charge on any atom is -0.295 e. The Labute approximate surface area is 195 Å². The van der Waals surface area contributed by atoms with Gasteiger partial charge in [-0.25, -0.2) is 14.4 Å². The normalized spacial score (nSPS) is 16.2. The maximum Gasteiger partial charge on any atom is 0.225 e. The van der Waals surface area contributed by atoms with E-state index in [0.717, 1.165) is 21.7 Å².